The van der Waals surface area contributed by atoms with Crippen LogP contribution < -0.4 is 16.0 Å². The molecule has 6 heteroatoms. The van der Waals surface area contributed by atoms with Gasteiger partial charge in [-0.05, 0) is 42.7 Å². The number of nitrogens with one attached hydrogen (secondary N) is 3. The highest BCUT2D eigenvalue weighted by molar-refractivity contribution is 6.05. The molecule has 2 aromatic carbocycles. The van der Waals surface area contributed by atoms with Crippen LogP contribution in [0.4, 0.5) is 11.4 Å². The summed E-state index contributed by atoms with van der Waals surface area (Å²) in [6.45, 7) is 0. The second-order valence-corrected chi connectivity index (χ2v) is 6.71. The molecular weight excluding hydrogens is 330 g/mol. The minimum absolute atomic E-state index is 0.102. The van der Waals surface area contributed by atoms with Crippen molar-refractivity contribution in [2.75, 3.05) is 10.6 Å². The molecule has 1 fully saturated rings. The van der Waals surface area contributed by atoms with Gasteiger partial charge in [0.05, 0.1) is 5.92 Å². The van der Waals surface area contributed by atoms with Gasteiger partial charge in [0, 0.05) is 29.4 Å². The third kappa shape index (κ3) is 3.44. The van der Waals surface area contributed by atoms with Crippen LogP contribution in [0.25, 0.3) is 0 Å². The summed E-state index contributed by atoms with van der Waals surface area (Å²) in [6, 6.07) is 14.4. The van der Waals surface area contributed by atoms with E-state index in [1.54, 1.807) is 30.3 Å². The fourth-order valence-corrected chi connectivity index (χ4v) is 3.11. The Hall–Kier alpha value is -3.15. The monoisotopic (exact) mass is 349 g/mol. The molecule has 0 saturated heterocycles. The molecule has 0 bridgehead atoms. The van der Waals surface area contributed by atoms with E-state index in [-0.39, 0.29) is 30.2 Å². The molecule has 0 spiro atoms. The third-order valence-corrected chi connectivity index (χ3v) is 4.62. The van der Waals surface area contributed by atoms with E-state index in [1.165, 1.54) is 0 Å². The van der Waals surface area contributed by atoms with Gasteiger partial charge in [-0.2, -0.15) is 0 Å². The lowest BCUT2D eigenvalue weighted by Crippen LogP contribution is -2.31. The third-order valence-electron chi connectivity index (χ3n) is 4.62. The SMILES string of the molecule is O=C1CC(C(=O)Nc2cccc(C(=O)NC3CC3)c2)c2ccccc2N1. The van der Waals surface area contributed by atoms with Crippen LogP contribution in [-0.4, -0.2) is 23.8 Å². The predicted molar refractivity (Wildman–Crippen MR) is 98.0 cm³/mol. The maximum Gasteiger partial charge on any atom is 0.251 e. The first-order valence-electron chi connectivity index (χ1n) is 8.71. The van der Waals surface area contributed by atoms with Crippen molar-refractivity contribution in [3.05, 3.63) is 59.7 Å². The van der Waals surface area contributed by atoms with Gasteiger partial charge >= 0.3 is 0 Å². The van der Waals surface area contributed by atoms with E-state index in [9.17, 15) is 14.4 Å². The highest BCUT2D eigenvalue weighted by Gasteiger charge is 2.30. The molecule has 3 N–H and O–H groups in total. The number of para-hydroxylation sites is 1. The molecule has 1 heterocycles. The number of amides is 3. The number of benzene rings is 2. The number of anilines is 2. The van der Waals surface area contributed by atoms with Gasteiger partial charge in [0.15, 0.2) is 0 Å². The molecule has 1 saturated carbocycles. The van der Waals surface area contributed by atoms with Crippen molar-refractivity contribution in [1.82, 2.24) is 5.32 Å². The molecule has 4 rings (SSSR count). The highest BCUT2D eigenvalue weighted by atomic mass is 16.2. The number of hydrogen-bond donors (Lipinski definition) is 3. The van der Waals surface area contributed by atoms with Gasteiger partial charge in [-0.15, -0.1) is 0 Å². The lowest BCUT2D eigenvalue weighted by Gasteiger charge is -2.24. The average molecular weight is 349 g/mol. The smallest absolute Gasteiger partial charge is 0.251 e. The number of carbonyl (C=O) groups excluding carboxylic acids is 3. The van der Waals surface area contributed by atoms with Gasteiger partial charge in [-0.3, -0.25) is 14.4 Å². The van der Waals surface area contributed by atoms with E-state index in [1.807, 2.05) is 18.2 Å². The molecule has 2 aromatic rings. The Bertz CT molecular complexity index is 889. The molecule has 26 heavy (non-hydrogen) atoms. The van der Waals surface area contributed by atoms with Crippen molar-refractivity contribution in [3.63, 3.8) is 0 Å². The zero-order valence-corrected chi connectivity index (χ0v) is 14.1. The van der Waals surface area contributed by atoms with Crippen molar-refractivity contribution in [1.29, 1.82) is 0 Å². The molecule has 1 atom stereocenters. The van der Waals surface area contributed by atoms with Gasteiger partial charge in [0.25, 0.3) is 5.91 Å². The minimum Gasteiger partial charge on any atom is -0.349 e. The van der Waals surface area contributed by atoms with E-state index < -0.39 is 5.92 Å². The van der Waals surface area contributed by atoms with Crippen molar-refractivity contribution >= 4 is 29.1 Å². The Labute approximate surface area is 151 Å². The number of fused-ring (bicyclic) bond motifs is 1. The van der Waals surface area contributed by atoms with Crippen LogP contribution >= 0.6 is 0 Å². The van der Waals surface area contributed by atoms with Gasteiger partial charge in [0.1, 0.15) is 0 Å². The first-order chi connectivity index (χ1) is 12.6. The predicted octanol–water partition coefficient (Wildman–Crippen LogP) is 2.64. The summed E-state index contributed by atoms with van der Waals surface area (Å²) in [5, 5.41) is 8.55. The lowest BCUT2D eigenvalue weighted by atomic mass is 9.90. The van der Waals surface area contributed by atoms with Crippen molar-refractivity contribution < 1.29 is 14.4 Å². The van der Waals surface area contributed by atoms with Crippen molar-refractivity contribution in [2.45, 2.75) is 31.2 Å². The first-order valence-corrected chi connectivity index (χ1v) is 8.71. The minimum atomic E-state index is -0.552. The summed E-state index contributed by atoms with van der Waals surface area (Å²) in [4.78, 5) is 36.8. The molecular formula is C20H19N3O3. The van der Waals surface area contributed by atoms with Crippen LogP contribution in [0.15, 0.2) is 48.5 Å². The fraction of sp³-hybridized carbons (Fsp3) is 0.250. The van der Waals surface area contributed by atoms with Crippen LogP contribution in [-0.2, 0) is 9.59 Å². The number of rotatable bonds is 4. The maximum atomic E-state index is 12.8. The number of carbonyl (C=O) groups is 3. The van der Waals surface area contributed by atoms with Crippen LogP contribution in [0, 0.1) is 0 Å². The molecule has 2 aliphatic rings. The standard InChI is InChI=1S/C20H19N3O3/c24-18-11-16(15-6-1-2-7-17(15)23-18)20(26)22-14-5-3-4-12(10-14)19(25)21-13-8-9-13/h1-7,10,13,16H,8-9,11H2,(H,21,25)(H,22,26)(H,23,24). The number of hydrogen-bond acceptors (Lipinski definition) is 3. The quantitative estimate of drug-likeness (QED) is 0.793. The van der Waals surface area contributed by atoms with Gasteiger partial charge < -0.3 is 16.0 Å². The van der Waals surface area contributed by atoms with Gasteiger partial charge in [-0.1, -0.05) is 24.3 Å². The average Bonchev–Trinajstić information content (AvgIpc) is 3.45. The van der Waals surface area contributed by atoms with Crippen molar-refractivity contribution in [3.8, 4) is 0 Å². The molecule has 6 nitrogen and oxygen atoms in total. The fourth-order valence-electron chi connectivity index (χ4n) is 3.11. The second kappa shape index (κ2) is 6.63. The summed E-state index contributed by atoms with van der Waals surface area (Å²) < 4.78 is 0. The Kier molecular flexibility index (Phi) is 4.16. The molecule has 3 amide bonds. The summed E-state index contributed by atoms with van der Waals surface area (Å²) in [5.41, 5.74) is 2.52. The van der Waals surface area contributed by atoms with Crippen LogP contribution in [0.2, 0.25) is 0 Å². The van der Waals surface area contributed by atoms with Crippen LogP contribution in [0.1, 0.15) is 41.1 Å². The normalized spacial score (nSPS) is 18.5. The lowest BCUT2D eigenvalue weighted by molar-refractivity contribution is -0.123. The highest BCUT2D eigenvalue weighted by Crippen LogP contribution is 2.32. The maximum absolute atomic E-state index is 12.8. The Morgan fingerprint density at radius 3 is 2.65 bits per heavy atom. The largest absolute Gasteiger partial charge is 0.349 e. The molecule has 0 radical (unpaired) electrons. The van der Waals surface area contributed by atoms with E-state index in [2.05, 4.69) is 16.0 Å². The Balaban J connectivity index is 1.51. The zero-order chi connectivity index (χ0) is 18.1. The van der Waals surface area contributed by atoms with Crippen LogP contribution in [0.3, 0.4) is 0 Å². The first kappa shape index (κ1) is 16.3. The summed E-state index contributed by atoms with van der Waals surface area (Å²) in [6.07, 6.45) is 2.14. The summed E-state index contributed by atoms with van der Waals surface area (Å²) >= 11 is 0. The zero-order valence-electron chi connectivity index (χ0n) is 14.1. The summed E-state index contributed by atoms with van der Waals surface area (Å²) in [5.74, 6) is -1.12. The summed E-state index contributed by atoms with van der Waals surface area (Å²) in [7, 11) is 0. The second-order valence-electron chi connectivity index (χ2n) is 6.71. The van der Waals surface area contributed by atoms with E-state index in [0.29, 0.717) is 16.9 Å². The van der Waals surface area contributed by atoms with Crippen molar-refractivity contribution in [2.24, 2.45) is 0 Å². The van der Waals surface area contributed by atoms with E-state index in [0.717, 1.165) is 18.4 Å². The van der Waals surface area contributed by atoms with Crippen LogP contribution in [0.5, 0.6) is 0 Å². The van der Waals surface area contributed by atoms with E-state index in [4.69, 9.17) is 0 Å². The van der Waals surface area contributed by atoms with Gasteiger partial charge in [0.2, 0.25) is 11.8 Å². The molecule has 1 unspecified atom stereocenters. The molecule has 132 valence electrons. The Morgan fingerprint density at radius 1 is 1.04 bits per heavy atom. The van der Waals surface area contributed by atoms with E-state index >= 15 is 0 Å². The topological polar surface area (TPSA) is 87.3 Å². The molecule has 1 aliphatic heterocycles. The molecule has 0 aromatic heterocycles. The van der Waals surface area contributed by atoms with Gasteiger partial charge in [-0.25, -0.2) is 0 Å². The Morgan fingerprint density at radius 2 is 1.85 bits per heavy atom. The molecule has 1 aliphatic carbocycles.